The van der Waals surface area contributed by atoms with Crippen LogP contribution in [0.2, 0.25) is 0 Å². The van der Waals surface area contributed by atoms with Crippen LogP contribution >= 0.6 is 11.3 Å². The molecule has 0 spiro atoms. The molecule has 0 bridgehead atoms. The molecule has 0 aromatic carbocycles. The third-order valence-electron chi connectivity index (χ3n) is 4.11. The van der Waals surface area contributed by atoms with Gasteiger partial charge in [-0.2, -0.15) is 13.8 Å². The maximum atomic E-state index is 13.2. The zero-order chi connectivity index (χ0) is 17.5. The minimum atomic E-state index is -3.92. The number of carboxylic acids is 1. The van der Waals surface area contributed by atoms with E-state index in [2.05, 4.69) is 5.10 Å². The van der Waals surface area contributed by atoms with Gasteiger partial charge in [0.2, 0.25) is 0 Å². The molecule has 2 unspecified atom stereocenters. The van der Waals surface area contributed by atoms with Crippen molar-refractivity contribution < 1.29 is 22.7 Å². The number of carboxylic acid groups (broad SMARTS) is 1. The van der Waals surface area contributed by atoms with Crippen molar-refractivity contribution in [2.45, 2.75) is 16.5 Å². The van der Waals surface area contributed by atoms with E-state index in [9.17, 15) is 22.7 Å². The molecular weight excluding hydrogens is 357 g/mol. The zero-order valence-electron chi connectivity index (χ0n) is 12.8. The van der Waals surface area contributed by atoms with E-state index in [-0.39, 0.29) is 23.2 Å². The zero-order valence-corrected chi connectivity index (χ0v) is 14.4. The van der Waals surface area contributed by atoms with E-state index >= 15 is 0 Å². The van der Waals surface area contributed by atoms with Crippen molar-refractivity contribution in [1.82, 2.24) is 14.1 Å². The first-order chi connectivity index (χ1) is 11.3. The number of nitrogens with zero attached hydrogens (tertiary/aromatic N) is 3. The summed E-state index contributed by atoms with van der Waals surface area (Å²) in [4.78, 5) is 11.4. The first-order valence-electron chi connectivity index (χ1n) is 7.24. The second-order valence-corrected chi connectivity index (χ2v) is 8.99. The van der Waals surface area contributed by atoms with Gasteiger partial charge in [-0.25, -0.2) is 8.42 Å². The largest absolute Gasteiger partial charge is 0.481 e. The number of carbonyl (C=O) groups is 1. The van der Waals surface area contributed by atoms with E-state index in [1.54, 1.807) is 24.1 Å². The number of hydrogen-bond acceptors (Lipinski definition) is 5. The van der Waals surface area contributed by atoms with Gasteiger partial charge in [-0.3, -0.25) is 9.48 Å². The minimum absolute atomic E-state index is 0.115. The smallest absolute Gasteiger partial charge is 0.307 e. The Balaban J connectivity index is 1.93. The van der Waals surface area contributed by atoms with Crippen molar-refractivity contribution in [3.05, 3.63) is 35.2 Å². The SMILES string of the molecule is Cn1cc(C2CC(C(=O)O)CN(S(=O)(=O)c3ccc(F)s3)C2)cn1. The van der Waals surface area contributed by atoms with Gasteiger partial charge in [0.1, 0.15) is 4.21 Å². The van der Waals surface area contributed by atoms with Gasteiger partial charge in [-0.15, -0.1) is 0 Å². The quantitative estimate of drug-likeness (QED) is 0.877. The van der Waals surface area contributed by atoms with Crippen LogP contribution in [-0.2, 0) is 21.9 Å². The summed E-state index contributed by atoms with van der Waals surface area (Å²) in [6, 6.07) is 2.30. The number of aliphatic carboxylic acids is 1. The average Bonchev–Trinajstić information content (AvgIpc) is 3.15. The van der Waals surface area contributed by atoms with E-state index in [1.807, 2.05) is 0 Å². The Bertz CT molecular complexity index is 861. The standard InChI is InChI=1S/C14H16FN3O4S2/c1-17-6-11(5-16-17)9-4-10(14(19)20)8-18(7-9)24(21,22)13-3-2-12(15)23-13/h2-3,5-6,9-10H,4,7-8H2,1H3,(H,19,20). The minimum Gasteiger partial charge on any atom is -0.481 e. The molecule has 10 heteroatoms. The molecule has 1 aliphatic heterocycles. The fourth-order valence-corrected chi connectivity index (χ4v) is 5.58. The molecule has 2 aromatic heterocycles. The van der Waals surface area contributed by atoms with Crippen molar-refractivity contribution in [1.29, 1.82) is 0 Å². The number of sulfonamides is 1. The highest BCUT2D eigenvalue weighted by molar-refractivity contribution is 7.91. The molecule has 7 nitrogen and oxygen atoms in total. The molecule has 0 radical (unpaired) electrons. The monoisotopic (exact) mass is 373 g/mol. The first kappa shape index (κ1) is 17.1. The molecule has 0 aliphatic carbocycles. The molecule has 3 rings (SSSR count). The van der Waals surface area contributed by atoms with Crippen LogP contribution in [-0.4, -0.2) is 46.7 Å². The lowest BCUT2D eigenvalue weighted by molar-refractivity contribution is -0.143. The molecule has 1 aliphatic rings. The van der Waals surface area contributed by atoms with Gasteiger partial charge in [-0.1, -0.05) is 11.3 Å². The molecule has 0 saturated carbocycles. The Morgan fingerprint density at radius 1 is 1.42 bits per heavy atom. The lowest BCUT2D eigenvalue weighted by Gasteiger charge is -2.34. The summed E-state index contributed by atoms with van der Waals surface area (Å²) in [6.45, 7) is 0.0330. The van der Waals surface area contributed by atoms with Gasteiger partial charge in [0.15, 0.2) is 5.13 Å². The van der Waals surface area contributed by atoms with E-state index in [0.717, 1.165) is 15.9 Å². The van der Waals surface area contributed by atoms with Crippen molar-refractivity contribution in [2.24, 2.45) is 13.0 Å². The molecule has 1 saturated heterocycles. The van der Waals surface area contributed by atoms with Crippen molar-refractivity contribution in [3.8, 4) is 0 Å². The van der Waals surface area contributed by atoms with Gasteiger partial charge < -0.3 is 5.11 Å². The number of aryl methyl sites for hydroxylation is 1. The third-order valence-corrected chi connectivity index (χ3v) is 7.28. The lowest BCUT2D eigenvalue weighted by atomic mass is 9.87. The van der Waals surface area contributed by atoms with E-state index in [1.165, 1.54) is 6.07 Å². The Labute approximate surface area is 142 Å². The topological polar surface area (TPSA) is 92.5 Å². The highest BCUT2D eigenvalue weighted by atomic mass is 32.2. The molecule has 0 amide bonds. The van der Waals surface area contributed by atoms with Crippen LogP contribution < -0.4 is 0 Å². The van der Waals surface area contributed by atoms with Crippen molar-refractivity contribution in [2.75, 3.05) is 13.1 Å². The highest BCUT2D eigenvalue weighted by Gasteiger charge is 2.39. The van der Waals surface area contributed by atoms with Crippen LogP contribution in [0.15, 0.2) is 28.7 Å². The molecule has 3 heterocycles. The number of hydrogen-bond donors (Lipinski definition) is 1. The fourth-order valence-electron chi connectivity index (χ4n) is 2.89. The maximum Gasteiger partial charge on any atom is 0.307 e. The van der Waals surface area contributed by atoms with Crippen LogP contribution in [0.3, 0.4) is 0 Å². The summed E-state index contributed by atoms with van der Waals surface area (Å²) in [5.41, 5.74) is 0.793. The molecule has 24 heavy (non-hydrogen) atoms. The Morgan fingerprint density at radius 2 is 2.17 bits per heavy atom. The van der Waals surface area contributed by atoms with Crippen LogP contribution in [0.4, 0.5) is 4.39 Å². The van der Waals surface area contributed by atoms with Gasteiger partial charge in [-0.05, 0) is 24.1 Å². The predicted octanol–water partition coefficient (Wildman–Crippen LogP) is 1.50. The summed E-state index contributed by atoms with van der Waals surface area (Å²) in [7, 11) is -2.18. The average molecular weight is 373 g/mol. The van der Waals surface area contributed by atoms with Gasteiger partial charge in [0.05, 0.1) is 12.1 Å². The first-order valence-corrected chi connectivity index (χ1v) is 9.50. The molecule has 2 atom stereocenters. The van der Waals surface area contributed by atoms with Gasteiger partial charge >= 0.3 is 5.97 Å². The lowest BCUT2D eigenvalue weighted by Crippen LogP contribution is -2.45. The fraction of sp³-hybridized carbons (Fsp3) is 0.429. The Hall–Kier alpha value is -1.78. The highest BCUT2D eigenvalue weighted by Crippen LogP contribution is 2.34. The van der Waals surface area contributed by atoms with Gasteiger partial charge in [0, 0.05) is 32.3 Å². The van der Waals surface area contributed by atoms with Crippen molar-refractivity contribution >= 4 is 27.3 Å². The summed E-state index contributed by atoms with van der Waals surface area (Å²) < 4.78 is 41.2. The van der Waals surface area contributed by atoms with E-state index in [4.69, 9.17) is 0 Å². The molecule has 1 N–H and O–H groups in total. The van der Waals surface area contributed by atoms with Crippen LogP contribution in [0.1, 0.15) is 17.9 Å². The van der Waals surface area contributed by atoms with Crippen LogP contribution in [0.25, 0.3) is 0 Å². The third kappa shape index (κ3) is 3.21. The molecular formula is C14H16FN3O4S2. The van der Waals surface area contributed by atoms with E-state index < -0.39 is 27.0 Å². The second-order valence-electron chi connectivity index (χ2n) is 5.80. The number of rotatable bonds is 4. The van der Waals surface area contributed by atoms with Crippen LogP contribution in [0, 0.1) is 11.0 Å². The van der Waals surface area contributed by atoms with Crippen molar-refractivity contribution in [3.63, 3.8) is 0 Å². The number of thiophene rings is 1. The normalized spacial score (nSPS) is 22.6. The van der Waals surface area contributed by atoms with E-state index in [0.29, 0.717) is 17.8 Å². The predicted molar refractivity (Wildman–Crippen MR) is 84.7 cm³/mol. The van der Waals surface area contributed by atoms with Crippen LogP contribution in [0.5, 0.6) is 0 Å². The summed E-state index contributed by atoms with van der Waals surface area (Å²) in [5.74, 6) is -2.13. The molecule has 2 aromatic rings. The molecule has 1 fully saturated rings. The Morgan fingerprint density at radius 3 is 2.71 bits per heavy atom. The second kappa shape index (κ2) is 6.26. The summed E-state index contributed by atoms with van der Waals surface area (Å²) >= 11 is 0.539. The molecule has 130 valence electrons. The number of piperidine rings is 1. The maximum absolute atomic E-state index is 13.2. The Kier molecular flexibility index (Phi) is 4.45. The van der Waals surface area contributed by atoms with Gasteiger partial charge in [0.25, 0.3) is 10.0 Å². The summed E-state index contributed by atoms with van der Waals surface area (Å²) in [6.07, 6.45) is 3.71. The number of halogens is 1. The summed E-state index contributed by atoms with van der Waals surface area (Å²) in [5, 5.41) is 12.8. The number of aromatic nitrogens is 2.